The van der Waals surface area contributed by atoms with E-state index in [0.29, 0.717) is 24.9 Å². The fourth-order valence-corrected chi connectivity index (χ4v) is 3.52. The fourth-order valence-electron chi connectivity index (χ4n) is 3.52. The highest BCUT2D eigenvalue weighted by atomic mass is 19.1. The molecule has 0 aliphatic carbocycles. The summed E-state index contributed by atoms with van der Waals surface area (Å²) in [4.78, 5) is 30.7. The molecule has 1 aliphatic heterocycles. The number of benzene rings is 1. The van der Waals surface area contributed by atoms with Gasteiger partial charge in [-0.25, -0.2) is 14.2 Å². The number of piperidine rings is 1. The van der Waals surface area contributed by atoms with Gasteiger partial charge < -0.3 is 15.0 Å². The molecule has 3 rings (SSSR count). The number of carbonyl (C=O) groups excluding carboxylic acids is 2. The maximum Gasteiger partial charge on any atom is 0.342 e. The molecule has 1 N–H and O–H groups in total. The van der Waals surface area contributed by atoms with E-state index in [4.69, 9.17) is 4.74 Å². The van der Waals surface area contributed by atoms with Crippen molar-refractivity contribution >= 4 is 23.4 Å². The number of hydrogen-bond acceptors (Lipinski definition) is 5. The SMILES string of the molecule is CC1CC(C)CN(C(=O)COC(=O)c2cccnc2Nc2ccccc2F)C1. The molecule has 0 saturated carbocycles. The number of likely N-dealkylation sites (tertiary alicyclic amines) is 1. The number of amides is 1. The second-order valence-electron chi connectivity index (χ2n) is 7.33. The van der Waals surface area contributed by atoms with Gasteiger partial charge >= 0.3 is 5.97 Å². The van der Waals surface area contributed by atoms with Crippen LogP contribution in [0.3, 0.4) is 0 Å². The number of anilines is 2. The van der Waals surface area contributed by atoms with Crippen LogP contribution < -0.4 is 5.32 Å². The molecule has 7 heteroatoms. The Morgan fingerprint density at radius 3 is 2.61 bits per heavy atom. The summed E-state index contributed by atoms with van der Waals surface area (Å²) in [5.41, 5.74) is 0.335. The topological polar surface area (TPSA) is 71.5 Å². The minimum atomic E-state index is -0.682. The maximum atomic E-state index is 13.9. The largest absolute Gasteiger partial charge is 0.452 e. The summed E-state index contributed by atoms with van der Waals surface area (Å²) >= 11 is 0. The summed E-state index contributed by atoms with van der Waals surface area (Å²) in [6, 6.07) is 9.20. The van der Waals surface area contributed by atoms with Crippen molar-refractivity contribution < 1.29 is 18.7 Å². The highest BCUT2D eigenvalue weighted by Crippen LogP contribution is 2.23. The van der Waals surface area contributed by atoms with E-state index < -0.39 is 11.8 Å². The summed E-state index contributed by atoms with van der Waals surface area (Å²) in [5.74, 6) is -0.324. The van der Waals surface area contributed by atoms with Crippen molar-refractivity contribution in [2.24, 2.45) is 11.8 Å². The molecule has 1 aliphatic rings. The predicted octanol–water partition coefficient (Wildman–Crippen LogP) is 3.63. The van der Waals surface area contributed by atoms with Crippen LogP contribution in [0.15, 0.2) is 42.6 Å². The van der Waals surface area contributed by atoms with E-state index in [9.17, 15) is 14.0 Å². The molecule has 1 aromatic carbocycles. The number of nitrogens with one attached hydrogen (secondary N) is 1. The second kappa shape index (κ2) is 8.82. The molecule has 0 bridgehead atoms. The van der Waals surface area contributed by atoms with Gasteiger partial charge in [0.05, 0.1) is 5.69 Å². The van der Waals surface area contributed by atoms with E-state index >= 15 is 0 Å². The molecule has 0 spiro atoms. The second-order valence-corrected chi connectivity index (χ2v) is 7.33. The normalized spacial score (nSPS) is 19.2. The van der Waals surface area contributed by atoms with Crippen LogP contribution in [0.25, 0.3) is 0 Å². The summed E-state index contributed by atoms with van der Waals surface area (Å²) in [7, 11) is 0. The molecule has 2 atom stereocenters. The molecular weight excluding hydrogens is 361 g/mol. The molecule has 1 fully saturated rings. The van der Waals surface area contributed by atoms with Crippen LogP contribution >= 0.6 is 0 Å². The quantitative estimate of drug-likeness (QED) is 0.796. The van der Waals surface area contributed by atoms with Crippen LogP contribution in [0.2, 0.25) is 0 Å². The molecule has 28 heavy (non-hydrogen) atoms. The average molecular weight is 385 g/mol. The van der Waals surface area contributed by atoms with Crippen molar-refractivity contribution in [1.82, 2.24) is 9.88 Å². The third-order valence-corrected chi connectivity index (χ3v) is 4.70. The van der Waals surface area contributed by atoms with Gasteiger partial charge in [0, 0.05) is 19.3 Å². The molecule has 6 nitrogen and oxygen atoms in total. The standard InChI is InChI=1S/C21H24FN3O3/c1-14-10-15(2)12-25(11-14)19(26)13-28-21(27)16-6-5-9-23-20(16)24-18-8-4-3-7-17(18)22/h3-9,14-15H,10-13H2,1-2H3,(H,23,24). The zero-order chi connectivity index (χ0) is 20.1. The van der Waals surface area contributed by atoms with Crippen molar-refractivity contribution in [2.45, 2.75) is 20.3 Å². The molecule has 1 amide bonds. The van der Waals surface area contributed by atoms with Crippen LogP contribution in [0.4, 0.5) is 15.9 Å². The first-order valence-corrected chi connectivity index (χ1v) is 9.35. The Hall–Kier alpha value is -2.96. The van der Waals surface area contributed by atoms with Gasteiger partial charge in [0.2, 0.25) is 0 Å². The molecule has 2 unspecified atom stereocenters. The van der Waals surface area contributed by atoms with Crippen LogP contribution in [-0.4, -0.2) is 41.5 Å². The Morgan fingerprint density at radius 2 is 1.89 bits per heavy atom. The van der Waals surface area contributed by atoms with Crippen molar-refractivity contribution in [3.63, 3.8) is 0 Å². The van der Waals surface area contributed by atoms with Gasteiger partial charge in [-0.2, -0.15) is 0 Å². The minimum absolute atomic E-state index is 0.138. The lowest BCUT2D eigenvalue weighted by atomic mass is 9.92. The minimum Gasteiger partial charge on any atom is -0.452 e. The number of pyridine rings is 1. The van der Waals surface area contributed by atoms with Crippen molar-refractivity contribution in [3.8, 4) is 0 Å². The van der Waals surface area contributed by atoms with E-state index in [1.165, 1.54) is 18.3 Å². The molecule has 2 heterocycles. The van der Waals surface area contributed by atoms with Gasteiger partial charge in [-0.1, -0.05) is 26.0 Å². The predicted molar refractivity (Wildman–Crippen MR) is 104 cm³/mol. The van der Waals surface area contributed by atoms with Crippen molar-refractivity contribution in [1.29, 1.82) is 0 Å². The highest BCUT2D eigenvalue weighted by molar-refractivity contribution is 5.96. The third-order valence-electron chi connectivity index (χ3n) is 4.70. The van der Waals surface area contributed by atoms with Crippen LogP contribution in [0, 0.1) is 17.7 Å². The Balaban J connectivity index is 1.65. The van der Waals surface area contributed by atoms with Gasteiger partial charge in [-0.3, -0.25) is 4.79 Å². The Labute approximate surface area is 163 Å². The van der Waals surface area contributed by atoms with Crippen LogP contribution in [-0.2, 0) is 9.53 Å². The first-order chi connectivity index (χ1) is 13.4. The summed E-state index contributed by atoms with van der Waals surface area (Å²) in [5, 5.41) is 2.80. The number of hydrogen-bond donors (Lipinski definition) is 1. The molecule has 148 valence electrons. The number of esters is 1. The van der Waals surface area contributed by atoms with E-state index in [1.54, 1.807) is 29.2 Å². The van der Waals surface area contributed by atoms with Gasteiger partial charge in [0.15, 0.2) is 6.61 Å². The van der Waals surface area contributed by atoms with E-state index in [2.05, 4.69) is 24.1 Å². The maximum absolute atomic E-state index is 13.9. The number of nitrogens with zero attached hydrogens (tertiary/aromatic N) is 2. The average Bonchev–Trinajstić information content (AvgIpc) is 2.67. The molecule has 1 aromatic heterocycles. The first kappa shape index (κ1) is 19.8. The fraction of sp³-hybridized carbons (Fsp3) is 0.381. The third kappa shape index (κ3) is 4.85. The van der Waals surface area contributed by atoms with E-state index in [-0.39, 0.29) is 29.6 Å². The molecular formula is C21H24FN3O3. The number of rotatable bonds is 5. The molecule has 1 saturated heterocycles. The lowest BCUT2D eigenvalue weighted by Gasteiger charge is -2.34. The van der Waals surface area contributed by atoms with Crippen molar-refractivity contribution in [2.75, 3.05) is 25.0 Å². The zero-order valence-corrected chi connectivity index (χ0v) is 16.0. The Bertz CT molecular complexity index is 848. The number of aromatic nitrogens is 1. The Kier molecular flexibility index (Phi) is 6.23. The first-order valence-electron chi connectivity index (χ1n) is 9.35. The number of para-hydroxylation sites is 1. The number of halogens is 1. The van der Waals surface area contributed by atoms with E-state index in [1.807, 2.05) is 0 Å². The zero-order valence-electron chi connectivity index (χ0n) is 16.0. The molecule has 0 radical (unpaired) electrons. The molecule has 2 aromatic rings. The smallest absolute Gasteiger partial charge is 0.342 e. The van der Waals surface area contributed by atoms with Gasteiger partial charge in [-0.15, -0.1) is 0 Å². The van der Waals surface area contributed by atoms with Crippen LogP contribution in [0.5, 0.6) is 0 Å². The van der Waals surface area contributed by atoms with Gasteiger partial charge in [-0.05, 0) is 42.5 Å². The van der Waals surface area contributed by atoms with Crippen molar-refractivity contribution in [3.05, 3.63) is 54.0 Å². The lowest BCUT2D eigenvalue weighted by Crippen LogP contribution is -2.44. The monoisotopic (exact) mass is 385 g/mol. The number of ether oxygens (including phenoxy) is 1. The van der Waals surface area contributed by atoms with Gasteiger partial charge in [0.1, 0.15) is 17.2 Å². The van der Waals surface area contributed by atoms with Crippen LogP contribution in [0.1, 0.15) is 30.6 Å². The number of carbonyl (C=O) groups is 2. The summed E-state index contributed by atoms with van der Waals surface area (Å²) < 4.78 is 19.1. The summed E-state index contributed by atoms with van der Waals surface area (Å²) in [6.45, 7) is 5.24. The van der Waals surface area contributed by atoms with Gasteiger partial charge in [0.25, 0.3) is 5.91 Å². The Morgan fingerprint density at radius 1 is 1.18 bits per heavy atom. The van der Waals surface area contributed by atoms with E-state index in [0.717, 1.165) is 6.42 Å². The lowest BCUT2D eigenvalue weighted by molar-refractivity contribution is -0.137. The highest BCUT2D eigenvalue weighted by Gasteiger charge is 2.26. The summed E-state index contributed by atoms with van der Waals surface area (Å²) in [6.07, 6.45) is 2.58.